The SMILES string of the molecule is CNc1ncccc1N1C=CON1. The van der Waals surface area contributed by atoms with E-state index in [-0.39, 0.29) is 0 Å². The molecule has 2 rings (SSSR count). The molecule has 0 saturated heterocycles. The molecule has 0 aliphatic carbocycles. The Bertz CT molecular complexity index is 326. The minimum Gasteiger partial charge on any atom is -0.395 e. The molecular weight excluding hydrogens is 168 g/mol. The molecule has 0 spiro atoms. The van der Waals surface area contributed by atoms with Gasteiger partial charge in [0.25, 0.3) is 0 Å². The average Bonchev–Trinajstić information content (AvgIpc) is 2.70. The maximum Gasteiger partial charge on any atom is 0.151 e. The molecule has 1 aromatic heterocycles. The predicted molar refractivity (Wildman–Crippen MR) is 49.6 cm³/mol. The van der Waals surface area contributed by atoms with Gasteiger partial charge in [0.05, 0.1) is 6.20 Å². The van der Waals surface area contributed by atoms with Crippen LogP contribution in [0.1, 0.15) is 0 Å². The summed E-state index contributed by atoms with van der Waals surface area (Å²) < 4.78 is 0. The highest BCUT2D eigenvalue weighted by Gasteiger charge is 2.11. The van der Waals surface area contributed by atoms with E-state index in [1.165, 1.54) is 0 Å². The molecule has 0 atom stereocenters. The highest BCUT2D eigenvalue weighted by atomic mass is 16.7. The van der Waals surface area contributed by atoms with E-state index in [0.717, 1.165) is 11.5 Å². The third kappa shape index (κ3) is 1.41. The molecule has 5 heteroatoms. The fraction of sp³-hybridized carbons (Fsp3) is 0.125. The van der Waals surface area contributed by atoms with E-state index in [0.29, 0.717) is 0 Å². The third-order valence-corrected chi connectivity index (χ3v) is 1.71. The van der Waals surface area contributed by atoms with Gasteiger partial charge in [-0.3, -0.25) is 0 Å². The molecule has 1 aliphatic heterocycles. The van der Waals surface area contributed by atoms with Crippen molar-refractivity contribution in [3.8, 4) is 0 Å². The number of pyridine rings is 1. The van der Waals surface area contributed by atoms with E-state index in [1.807, 2.05) is 19.2 Å². The van der Waals surface area contributed by atoms with E-state index in [4.69, 9.17) is 4.84 Å². The van der Waals surface area contributed by atoms with Crippen molar-refractivity contribution in [2.24, 2.45) is 0 Å². The van der Waals surface area contributed by atoms with Crippen molar-refractivity contribution in [3.63, 3.8) is 0 Å². The van der Waals surface area contributed by atoms with Gasteiger partial charge in [0.15, 0.2) is 5.82 Å². The zero-order valence-corrected chi connectivity index (χ0v) is 7.19. The number of nitrogens with one attached hydrogen (secondary N) is 2. The van der Waals surface area contributed by atoms with Crippen LogP contribution in [-0.2, 0) is 4.84 Å². The van der Waals surface area contributed by atoms with Crippen molar-refractivity contribution in [1.82, 2.24) is 10.6 Å². The predicted octanol–water partition coefficient (Wildman–Crippen LogP) is 0.851. The minimum absolute atomic E-state index is 0.796. The van der Waals surface area contributed by atoms with Crippen LogP contribution in [0.3, 0.4) is 0 Å². The summed E-state index contributed by atoms with van der Waals surface area (Å²) in [4.78, 5) is 9.01. The van der Waals surface area contributed by atoms with Gasteiger partial charge in [-0.15, -0.1) is 0 Å². The summed E-state index contributed by atoms with van der Waals surface area (Å²) in [5, 5.41) is 4.73. The number of aromatic nitrogens is 1. The standard InChI is InChI=1S/C8H10N4O/c1-9-8-7(3-2-4-10-8)12-5-6-13-11-12/h2-6,11H,1H3,(H,9,10). The monoisotopic (exact) mass is 178 g/mol. The lowest BCUT2D eigenvalue weighted by atomic mass is 10.4. The molecule has 0 fully saturated rings. The Hall–Kier alpha value is -1.75. The summed E-state index contributed by atoms with van der Waals surface area (Å²) in [6.45, 7) is 0. The van der Waals surface area contributed by atoms with Gasteiger partial charge in [-0.2, -0.15) is 0 Å². The number of hydrazine groups is 1. The molecule has 0 saturated carbocycles. The Morgan fingerprint density at radius 1 is 1.62 bits per heavy atom. The van der Waals surface area contributed by atoms with Crippen LogP contribution in [0.2, 0.25) is 0 Å². The van der Waals surface area contributed by atoms with Crippen molar-refractivity contribution >= 4 is 11.5 Å². The van der Waals surface area contributed by atoms with Crippen LogP contribution in [0.25, 0.3) is 0 Å². The first-order valence-corrected chi connectivity index (χ1v) is 3.92. The second kappa shape index (κ2) is 3.32. The van der Waals surface area contributed by atoms with Crippen LogP contribution < -0.4 is 15.9 Å². The molecule has 2 N–H and O–H groups in total. The first kappa shape index (κ1) is 7.88. The van der Waals surface area contributed by atoms with E-state index >= 15 is 0 Å². The van der Waals surface area contributed by atoms with Gasteiger partial charge in [-0.1, -0.05) is 5.59 Å². The van der Waals surface area contributed by atoms with Gasteiger partial charge < -0.3 is 10.2 Å². The third-order valence-electron chi connectivity index (χ3n) is 1.71. The minimum atomic E-state index is 0.796. The summed E-state index contributed by atoms with van der Waals surface area (Å²) in [6.07, 6.45) is 5.07. The van der Waals surface area contributed by atoms with Gasteiger partial charge >= 0.3 is 0 Å². The first-order chi connectivity index (χ1) is 6.42. The van der Waals surface area contributed by atoms with Crippen molar-refractivity contribution in [3.05, 3.63) is 30.8 Å². The van der Waals surface area contributed by atoms with Gasteiger partial charge in [0.1, 0.15) is 11.9 Å². The molecule has 2 heterocycles. The lowest BCUT2D eigenvalue weighted by molar-refractivity contribution is 0.159. The fourth-order valence-corrected chi connectivity index (χ4v) is 1.12. The van der Waals surface area contributed by atoms with Crippen LogP contribution >= 0.6 is 0 Å². The van der Waals surface area contributed by atoms with Crippen LogP contribution in [-0.4, -0.2) is 12.0 Å². The normalized spacial score (nSPS) is 14.4. The molecule has 1 aliphatic rings. The topological polar surface area (TPSA) is 49.4 Å². The Balaban J connectivity index is 2.32. The van der Waals surface area contributed by atoms with Crippen molar-refractivity contribution in [2.75, 3.05) is 17.4 Å². The lowest BCUT2D eigenvalue weighted by Gasteiger charge is -2.16. The van der Waals surface area contributed by atoms with Gasteiger partial charge in [-0.25, -0.2) is 9.99 Å². The molecule has 13 heavy (non-hydrogen) atoms. The molecule has 5 nitrogen and oxygen atoms in total. The van der Waals surface area contributed by atoms with Crippen LogP contribution in [0, 0.1) is 0 Å². The summed E-state index contributed by atoms with van der Waals surface area (Å²) in [7, 11) is 1.83. The highest BCUT2D eigenvalue weighted by Crippen LogP contribution is 2.22. The molecule has 0 amide bonds. The lowest BCUT2D eigenvalue weighted by Crippen LogP contribution is -2.27. The zero-order valence-electron chi connectivity index (χ0n) is 7.19. The Morgan fingerprint density at radius 2 is 2.54 bits per heavy atom. The Morgan fingerprint density at radius 3 is 3.23 bits per heavy atom. The van der Waals surface area contributed by atoms with Crippen molar-refractivity contribution in [1.29, 1.82) is 0 Å². The largest absolute Gasteiger partial charge is 0.395 e. The number of rotatable bonds is 2. The van der Waals surface area contributed by atoms with Crippen LogP contribution in [0.5, 0.6) is 0 Å². The molecule has 0 aromatic carbocycles. The highest BCUT2D eigenvalue weighted by molar-refractivity contribution is 5.66. The van der Waals surface area contributed by atoms with E-state index < -0.39 is 0 Å². The van der Waals surface area contributed by atoms with Crippen LogP contribution in [0.15, 0.2) is 30.8 Å². The molecule has 0 radical (unpaired) electrons. The summed E-state index contributed by atoms with van der Waals surface area (Å²) in [5.74, 6) is 0.796. The number of hydrogen-bond donors (Lipinski definition) is 2. The number of hydrogen-bond acceptors (Lipinski definition) is 5. The fourth-order valence-electron chi connectivity index (χ4n) is 1.12. The second-order valence-corrected chi connectivity index (χ2v) is 2.49. The second-order valence-electron chi connectivity index (χ2n) is 2.49. The first-order valence-electron chi connectivity index (χ1n) is 3.92. The van der Waals surface area contributed by atoms with E-state index in [2.05, 4.69) is 15.9 Å². The average molecular weight is 178 g/mol. The van der Waals surface area contributed by atoms with Crippen molar-refractivity contribution < 1.29 is 4.84 Å². The van der Waals surface area contributed by atoms with E-state index in [1.54, 1.807) is 23.7 Å². The summed E-state index contributed by atoms with van der Waals surface area (Å²) >= 11 is 0. The Kier molecular flexibility index (Phi) is 2.01. The number of nitrogens with zero attached hydrogens (tertiary/aromatic N) is 2. The van der Waals surface area contributed by atoms with Gasteiger partial charge in [0.2, 0.25) is 0 Å². The summed E-state index contributed by atoms with van der Waals surface area (Å²) in [5.41, 5.74) is 3.61. The summed E-state index contributed by atoms with van der Waals surface area (Å²) in [6, 6.07) is 3.80. The molecular formula is C8H10N4O. The van der Waals surface area contributed by atoms with Crippen LogP contribution in [0.4, 0.5) is 11.5 Å². The Labute approximate surface area is 75.9 Å². The number of anilines is 2. The van der Waals surface area contributed by atoms with Crippen molar-refractivity contribution in [2.45, 2.75) is 0 Å². The van der Waals surface area contributed by atoms with Gasteiger partial charge in [-0.05, 0) is 12.1 Å². The smallest absolute Gasteiger partial charge is 0.151 e. The molecule has 0 bridgehead atoms. The maximum atomic E-state index is 4.85. The zero-order chi connectivity index (χ0) is 9.10. The maximum absolute atomic E-state index is 4.85. The van der Waals surface area contributed by atoms with E-state index in [9.17, 15) is 0 Å². The van der Waals surface area contributed by atoms with Gasteiger partial charge in [0, 0.05) is 13.2 Å². The molecule has 0 unspecified atom stereocenters. The molecule has 1 aromatic rings. The quantitative estimate of drug-likeness (QED) is 0.703. The molecule has 68 valence electrons.